The molecule has 4 rings (SSSR count). The fourth-order valence-electron chi connectivity index (χ4n) is 3.81. The Bertz CT molecular complexity index is 732. The molecule has 4 heterocycles. The summed E-state index contributed by atoms with van der Waals surface area (Å²) in [6.45, 7) is 6.45. The van der Waals surface area contributed by atoms with E-state index in [-0.39, 0.29) is 17.3 Å². The molecule has 23 heavy (non-hydrogen) atoms. The first kappa shape index (κ1) is 15.3. The largest absolute Gasteiger partial charge is 0.358 e. The number of hydrogen-bond acceptors (Lipinski definition) is 5. The molecule has 3 aliphatic heterocycles. The third-order valence-corrected chi connectivity index (χ3v) is 8.16. The Hall–Kier alpha value is -1.28. The second kappa shape index (κ2) is 4.63. The number of fused-ring (bicyclic) bond motifs is 1. The summed E-state index contributed by atoms with van der Waals surface area (Å²) in [7, 11) is -1.41. The number of hydrogen-bond donors (Lipinski definition) is 0. The summed E-state index contributed by atoms with van der Waals surface area (Å²) in [6, 6.07) is 0. The van der Waals surface area contributed by atoms with Crippen molar-refractivity contribution in [3.05, 3.63) is 22.1 Å². The summed E-state index contributed by atoms with van der Waals surface area (Å²) in [5, 5.41) is 11.1. The number of aromatic nitrogens is 2. The highest BCUT2D eigenvalue weighted by molar-refractivity contribution is 7.54. The molecule has 10 heteroatoms. The quantitative estimate of drug-likeness (QED) is 0.357. The highest BCUT2D eigenvalue weighted by Crippen LogP contribution is 2.75. The standard InChI is InChI=1S/C13H20N5O4P/c1-4-9-11(12-14-7-10(15(12)3)18(19)20)22-23(21,16-5-6-16)17-8-13(9,17)2/h7,9,11H,4-6,8H2,1-3H3. The molecule has 3 fully saturated rings. The summed E-state index contributed by atoms with van der Waals surface area (Å²) in [5.74, 6) is 0.507. The van der Waals surface area contributed by atoms with Gasteiger partial charge < -0.3 is 10.1 Å². The van der Waals surface area contributed by atoms with E-state index in [1.807, 2.05) is 9.34 Å². The van der Waals surface area contributed by atoms with Crippen molar-refractivity contribution in [2.24, 2.45) is 13.0 Å². The molecule has 0 spiro atoms. The molecule has 0 N–H and O–H groups in total. The Morgan fingerprint density at radius 3 is 2.78 bits per heavy atom. The van der Waals surface area contributed by atoms with E-state index in [0.29, 0.717) is 5.82 Å². The van der Waals surface area contributed by atoms with Gasteiger partial charge in [-0.15, -0.1) is 0 Å². The molecule has 5 atom stereocenters. The van der Waals surface area contributed by atoms with Crippen LogP contribution in [0.25, 0.3) is 0 Å². The minimum absolute atomic E-state index is 0.0802. The minimum atomic E-state index is -3.02. The van der Waals surface area contributed by atoms with Gasteiger partial charge in [0.15, 0.2) is 6.10 Å². The number of imidazole rings is 1. The average Bonchev–Trinajstić information content (AvgIpc) is 3.38. The van der Waals surface area contributed by atoms with E-state index in [4.69, 9.17) is 4.52 Å². The van der Waals surface area contributed by atoms with Crippen molar-refractivity contribution in [3.63, 3.8) is 0 Å². The second-order valence-electron chi connectivity index (χ2n) is 6.69. The van der Waals surface area contributed by atoms with E-state index < -0.39 is 18.7 Å². The minimum Gasteiger partial charge on any atom is -0.358 e. The second-order valence-corrected chi connectivity index (χ2v) is 8.93. The van der Waals surface area contributed by atoms with Crippen LogP contribution < -0.4 is 0 Å². The maximum atomic E-state index is 13.3. The highest BCUT2D eigenvalue weighted by Gasteiger charge is 2.71. The van der Waals surface area contributed by atoms with Gasteiger partial charge >= 0.3 is 13.5 Å². The topological polar surface area (TPSA) is 93.3 Å². The van der Waals surface area contributed by atoms with Crippen molar-refractivity contribution < 1.29 is 14.0 Å². The van der Waals surface area contributed by atoms with E-state index in [1.165, 1.54) is 10.8 Å². The predicted molar refractivity (Wildman–Crippen MR) is 81.8 cm³/mol. The molecule has 0 saturated carbocycles. The van der Waals surface area contributed by atoms with Gasteiger partial charge in [-0.05, 0) is 18.3 Å². The van der Waals surface area contributed by atoms with Crippen LogP contribution in [0.4, 0.5) is 5.82 Å². The molecule has 126 valence electrons. The van der Waals surface area contributed by atoms with Crippen molar-refractivity contribution in [1.82, 2.24) is 18.9 Å². The Morgan fingerprint density at radius 2 is 2.26 bits per heavy atom. The SMILES string of the molecule is CCC1C(c2ncc([N+](=O)[O-])n2C)OP(=O)(N2CC2)N2CC12C. The molecule has 1 aromatic heterocycles. The van der Waals surface area contributed by atoms with Gasteiger partial charge in [0.1, 0.15) is 6.20 Å². The third kappa shape index (κ3) is 1.97. The lowest BCUT2D eigenvalue weighted by atomic mass is 9.86. The lowest BCUT2D eigenvalue weighted by molar-refractivity contribution is -0.391. The molecule has 3 aliphatic rings. The lowest BCUT2D eigenvalue weighted by Gasteiger charge is -2.39. The zero-order chi connectivity index (χ0) is 16.6. The molecular weight excluding hydrogens is 321 g/mol. The van der Waals surface area contributed by atoms with Gasteiger partial charge in [-0.3, -0.25) is 9.09 Å². The maximum absolute atomic E-state index is 13.3. The Kier molecular flexibility index (Phi) is 3.07. The molecule has 0 aliphatic carbocycles. The van der Waals surface area contributed by atoms with Gasteiger partial charge in [0.05, 0.1) is 7.05 Å². The first-order valence-electron chi connectivity index (χ1n) is 7.81. The molecule has 5 unspecified atom stereocenters. The maximum Gasteiger partial charge on any atom is 0.347 e. The van der Waals surface area contributed by atoms with Crippen molar-refractivity contribution in [2.75, 3.05) is 19.6 Å². The monoisotopic (exact) mass is 341 g/mol. The molecule has 1 aromatic rings. The van der Waals surface area contributed by atoms with Crippen LogP contribution in [-0.4, -0.2) is 49.0 Å². The Balaban J connectivity index is 1.76. The van der Waals surface area contributed by atoms with Gasteiger partial charge in [-0.1, -0.05) is 6.92 Å². The van der Waals surface area contributed by atoms with Crippen LogP contribution in [0.5, 0.6) is 0 Å². The van der Waals surface area contributed by atoms with Gasteiger partial charge in [-0.25, -0.2) is 18.9 Å². The van der Waals surface area contributed by atoms with Crippen LogP contribution >= 0.6 is 7.67 Å². The van der Waals surface area contributed by atoms with Crippen molar-refractivity contribution in [3.8, 4) is 0 Å². The van der Waals surface area contributed by atoms with Crippen LogP contribution in [0.1, 0.15) is 32.2 Å². The van der Waals surface area contributed by atoms with Crippen LogP contribution in [-0.2, 0) is 16.1 Å². The lowest BCUT2D eigenvalue weighted by Crippen LogP contribution is -2.38. The molecule has 0 bridgehead atoms. The smallest absolute Gasteiger partial charge is 0.347 e. The molecular formula is C13H20N5O4P. The van der Waals surface area contributed by atoms with E-state index in [1.54, 1.807) is 7.05 Å². The average molecular weight is 341 g/mol. The normalized spacial score (nSPS) is 42.3. The van der Waals surface area contributed by atoms with Crippen LogP contribution in [0.2, 0.25) is 0 Å². The first-order valence-corrected chi connectivity index (χ1v) is 9.34. The van der Waals surface area contributed by atoms with Crippen molar-refractivity contribution in [2.45, 2.75) is 31.9 Å². The van der Waals surface area contributed by atoms with Gasteiger partial charge in [0, 0.05) is 31.1 Å². The summed E-state index contributed by atoms with van der Waals surface area (Å²) in [4.78, 5) is 14.8. The molecule has 3 saturated heterocycles. The first-order chi connectivity index (χ1) is 10.8. The summed E-state index contributed by atoms with van der Waals surface area (Å²) in [6.07, 6.45) is 1.59. The molecule has 0 radical (unpaired) electrons. The molecule has 0 amide bonds. The fraction of sp³-hybridized carbons (Fsp3) is 0.769. The van der Waals surface area contributed by atoms with Crippen LogP contribution in [0, 0.1) is 16.0 Å². The fourth-order valence-corrected chi connectivity index (χ4v) is 6.68. The number of rotatable bonds is 4. The van der Waals surface area contributed by atoms with E-state index in [2.05, 4.69) is 18.8 Å². The Labute approximate surface area is 133 Å². The third-order valence-electron chi connectivity index (χ3n) is 5.34. The van der Waals surface area contributed by atoms with Crippen molar-refractivity contribution >= 4 is 13.5 Å². The van der Waals surface area contributed by atoms with Crippen LogP contribution in [0.3, 0.4) is 0 Å². The van der Waals surface area contributed by atoms with Crippen molar-refractivity contribution in [1.29, 1.82) is 0 Å². The number of nitro groups is 1. The summed E-state index contributed by atoms with van der Waals surface area (Å²) >= 11 is 0. The molecule has 0 aromatic carbocycles. The predicted octanol–water partition coefficient (Wildman–Crippen LogP) is 1.92. The summed E-state index contributed by atoms with van der Waals surface area (Å²) in [5.41, 5.74) is -0.184. The molecule has 9 nitrogen and oxygen atoms in total. The zero-order valence-electron chi connectivity index (χ0n) is 13.4. The van der Waals surface area contributed by atoms with E-state index >= 15 is 0 Å². The van der Waals surface area contributed by atoms with Gasteiger partial charge in [0.25, 0.3) is 0 Å². The van der Waals surface area contributed by atoms with Gasteiger partial charge in [-0.2, -0.15) is 0 Å². The van der Waals surface area contributed by atoms with E-state index in [9.17, 15) is 14.7 Å². The van der Waals surface area contributed by atoms with E-state index in [0.717, 1.165) is 26.1 Å². The Morgan fingerprint density at radius 1 is 1.57 bits per heavy atom. The van der Waals surface area contributed by atoms with Gasteiger partial charge in [0.2, 0.25) is 5.82 Å². The highest BCUT2D eigenvalue weighted by atomic mass is 31.2. The zero-order valence-corrected chi connectivity index (χ0v) is 14.3. The van der Waals surface area contributed by atoms with Crippen LogP contribution in [0.15, 0.2) is 6.20 Å². The summed E-state index contributed by atoms with van der Waals surface area (Å²) < 4.78 is 24.7. The number of nitrogens with zero attached hydrogens (tertiary/aromatic N) is 5.